The van der Waals surface area contributed by atoms with Crippen LogP contribution in [-0.4, -0.2) is 39.4 Å². The lowest BCUT2D eigenvalue weighted by Gasteiger charge is -2.13. The quantitative estimate of drug-likeness (QED) is 0.403. The number of hydrogen-bond donors (Lipinski definition) is 1. The number of ketones is 1. The van der Waals surface area contributed by atoms with Gasteiger partial charge in [0.05, 0.1) is 33.6 Å². The summed E-state index contributed by atoms with van der Waals surface area (Å²) in [6, 6.07) is 11.7. The van der Waals surface area contributed by atoms with E-state index in [0.29, 0.717) is 35.3 Å². The first-order chi connectivity index (χ1) is 13.6. The fraction of sp³-hybridized carbons (Fsp3) is 0.250. The zero-order chi connectivity index (χ0) is 20.5. The van der Waals surface area contributed by atoms with E-state index in [1.807, 2.05) is 6.92 Å². The molecule has 8 heteroatoms. The summed E-state index contributed by atoms with van der Waals surface area (Å²) in [4.78, 5) is 12.7. The molecule has 146 valence electrons. The number of carbonyl (C=O) groups is 1. The van der Waals surface area contributed by atoms with E-state index in [1.54, 1.807) is 30.3 Å². The van der Waals surface area contributed by atoms with E-state index in [4.69, 9.17) is 18.9 Å². The number of methoxy groups -OCH3 is 3. The summed E-state index contributed by atoms with van der Waals surface area (Å²) < 4.78 is 21.1. The predicted octanol–water partition coefficient (Wildman–Crippen LogP) is 3.29. The van der Waals surface area contributed by atoms with Gasteiger partial charge in [-0.25, -0.2) is 0 Å². The van der Waals surface area contributed by atoms with E-state index in [0.717, 1.165) is 0 Å². The molecule has 0 atom stereocenters. The average Bonchev–Trinajstić information content (AvgIpc) is 2.74. The fourth-order valence-corrected chi connectivity index (χ4v) is 2.39. The highest BCUT2D eigenvalue weighted by Crippen LogP contribution is 2.38. The molecule has 28 heavy (non-hydrogen) atoms. The Morgan fingerprint density at radius 2 is 1.68 bits per heavy atom. The number of hydrazone groups is 1. The Hall–Kier alpha value is -3.73. The third kappa shape index (κ3) is 4.71. The van der Waals surface area contributed by atoms with Gasteiger partial charge in [-0.05, 0) is 43.3 Å². The monoisotopic (exact) mass is 383 g/mol. The number of hydrogen-bond acceptors (Lipinski definition) is 8. The van der Waals surface area contributed by atoms with Crippen molar-refractivity contribution >= 4 is 17.2 Å². The highest BCUT2D eigenvalue weighted by molar-refractivity contribution is 6.51. The minimum Gasteiger partial charge on any atom is -0.494 e. The molecule has 0 saturated carbocycles. The lowest BCUT2D eigenvalue weighted by atomic mass is 10.1. The summed E-state index contributed by atoms with van der Waals surface area (Å²) in [5, 5.41) is 13.3. The molecule has 0 aromatic heterocycles. The molecule has 8 nitrogen and oxygen atoms in total. The molecule has 2 aromatic rings. The van der Waals surface area contributed by atoms with Crippen LogP contribution in [0.1, 0.15) is 17.3 Å². The van der Waals surface area contributed by atoms with Crippen molar-refractivity contribution in [3.05, 3.63) is 42.0 Å². The number of benzene rings is 2. The summed E-state index contributed by atoms with van der Waals surface area (Å²) in [6.45, 7) is 2.46. The minimum atomic E-state index is -0.583. The van der Waals surface area contributed by atoms with Crippen LogP contribution in [0.5, 0.6) is 23.0 Å². The van der Waals surface area contributed by atoms with Crippen LogP contribution in [0, 0.1) is 11.3 Å². The van der Waals surface area contributed by atoms with Gasteiger partial charge < -0.3 is 18.9 Å². The number of carbonyl (C=O) groups excluding carboxylic acids is 1. The van der Waals surface area contributed by atoms with Crippen molar-refractivity contribution in [1.29, 1.82) is 5.26 Å². The molecular weight excluding hydrogens is 362 g/mol. The third-order valence-corrected chi connectivity index (χ3v) is 3.71. The van der Waals surface area contributed by atoms with E-state index in [2.05, 4.69) is 10.5 Å². The van der Waals surface area contributed by atoms with Crippen LogP contribution in [0.2, 0.25) is 0 Å². The van der Waals surface area contributed by atoms with Crippen molar-refractivity contribution in [3.63, 3.8) is 0 Å². The average molecular weight is 383 g/mol. The smallest absolute Gasteiger partial charge is 0.224 e. The highest BCUT2D eigenvalue weighted by atomic mass is 16.5. The molecule has 0 amide bonds. The van der Waals surface area contributed by atoms with Crippen LogP contribution < -0.4 is 24.4 Å². The number of anilines is 1. The molecular formula is C20H21N3O5. The number of nitrogens with one attached hydrogen (secondary N) is 1. The van der Waals surface area contributed by atoms with E-state index in [-0.39, 0.29) is 11.3 Å². The molecule has 0 aliphatic heterocycles. The SMILES string of the molecule is CCOc1ccc(N/N=C(\C#N)C(=O)c2cc(OC)c(OC)c(OC)c2)cc1. The van der Waals surface area contributed by atoms with Crippen molar-refractivity contribution in [3.8, 4) is 29.1 Å². The number of Topliss-reactive ketones (excluding diaryl/α,β-unsaturated/α-hetero) is 1. The second-order valence-corrected chi connectivity index (χ2v) is 5.38. The molecule has 0 radical (unpaired) electrons. The minimum absolute atomic E-state index is 0.184. The molecule has 0 fully saturated rings. The maximum atomic E-state index is 12.7. The standard InChI is InChI=1S/C20H21N3O5/c1-5-28-15-8-6-14(7-9-15)22-23-16(12-21)19(24)13-10-17(25-2)20(27-4)18(11-13)26-3/h6-11,22H,5H2,1-4H3/b23-16+. The second-order valence-electron chi connectivity index (χ2n) is 5.38. The van der Waals surface area contributed by atoms with Gasteiger partial charge in [0, 0.05) is 5.56 Å². The maximum Gasteiger partial charge on any atom is 0.224 e. The van der Waals surface area contributed by atoms with E-state index >= 15 is 0 Å². The molecule has 1 N–H and O–H groups in total. The van der Waals surface area contributed by atoms with Gasteiger partial charge in [0.1, 0.15) is 11.8 Å². The lowest BCUT2D eigenvalue weighted by molar-refractivity contribution is 0.106. The summed E-state index contributed by atoms with van der Waals surface area (Å²) in [5.74, 6) is 1.10. The van der Waals surface area contributed by atoms with Crippen LogP contribution in [-0.2, 0) is 0 Å². The largest absolute Gasteiger partial charge is 0.494 e. The Balaban J connectivity index is 2.27. The van der Waals surface area contributed by atoms with Crippen LogP contribution in [0.4, 0.5) is 5.69 Å². The van der Waals surface area contributed by atoms with E-state index in [9.17, 15) is 10.1 Å². The zero-order valence-corrected chi connectivity index (χ0v) is 16.1. The van der Waals surface area contributed by atoms with Crippen LogP contribution in [0.25, 0.3) is 0 Å². The van der Waals surface area contributed by atoms with Gasteiger partial charge in [0.25, 0.3) is 0 Å². The molecule has 0 heterocycles. The Morgan fingerprint density at radius 1 is 1.07 bits per heavy atom. The first-order valence-corrected chi connectivity index (χ1v) is 8.39. The molecule has 2 rings (SSSR count). The maximum absolute atomic E-state index is 12.7. The van der Waals surface area contributed by atoms with Crippen LogP contribution >= 0.6 is 0 Å². The van der Waals surface area contributed by atoms with E-state index < -0.39 is 5.78 Å². The molecule has 0 spiro atoms. The highest BCUT2D eigenvalue weighted by Gasteiger charge is 2.20. The number of nitriles is 1. The van der Waals surface area contributed by atoms with Gasteiger partial charge in [0.2, 0.25) is 17.2 Å². The van der Waals surface area contributed by atoms with Crippen LogP contribution in [0.3, 0.4) is 0 Å². The van der Waals surface area contributed by atoms with Crippen molar-refractivity contribution in [1.82, 2.24) is 0 Å². The van der Waals surface area contributed by atoms with Gasteiger partial charge in [-0.3, -0.25) is 10.2 Å². The molecule has 0 aliphatic rings. The van der Waals surface area contributed by atoms with Gasteiger partial charge in [-0.2, -0.15) is 10.4 Å². The van der Waals surface area contributed by atoms with Crippen LogP contribution in [0.15, 0.2) is 41.5 Å². The van der Waals surface area contributed by atoms with Gasteiger partial charge in [-0.15, -0.1) is 0 Å². The first-order valence-electron chi connectivity index (χ1n) is 8.39. The topological polar surface area (TPSA) is 102 Å². The zero-order valence-electron chi connectivity index (χ0n) is 16.1. The fourth-order valence-electron chi connectivity index (χ4n) is 2.39. The Kier molecular flexibility index (Phi) is 7.22. The summed E-state index contributed by atoms with van der Waals surface area (Å²) in [6.07, 6.45) is 0. The Morgan fingerprint density at radius 3 is 2.14 bits per heavy atom. The summed E-state index contributed by atoms with van der Waals surface area (Å²) in [5.41, 5.74) is 3.17. The number of rotatable bonds is 9. The summed E-state index contributed by atoms with van der Waals surface area (Å²) in [7, 11) is 4.35. The third-order valence-electron chi connectivity index (χ3n) is 3.71. The van der Waals surface area contributed by atoms with Crippen molar-refractivity contribution in [2.75, 3.05) is 33.4 Å². The molecule has 0 aliphatic carbocycles. The molecule has 0 bridgehead atoms. The Bertz CT molecular complexity index is 876. The second kappa shape index (κ2) is 9.83. The number of nitrogens with zero attached hydrogens (tertiary/aromatic N) is 2. The van der Waals surface area contributed by atoms with Crippen molar-refractivity contribution in [2.24, 2.45) is 5.10 Å². The number of ether oxygens (including phenoxy) is 4. The van der Waals surface area contributed by atoms with Crippen molar-refractivity contribution in [2.45, 2.75) is 6.92 Å². The van der Waals surface area contributed by atoms with Gasteiger partial charge in [-0.1, -0.05) is 0 Å². The van der Waals surface area contributed by atoms with Gasteiger partial charge in [0.15, 0.2) is 11.5 Å². The van der Waals surface area contributed by atoms with E-state index in [1.165, 1.54) is 33.5 Å². The molecule has 0 saturated heterocycles. The van der Waals surface area contributed by atoms with Gasteiger partial charge >= 0.3 is 0 Å². The first kappa shape index (κ1) is 20.6. The normalized spacial score (nSPS) is 10.6. The molecule has 2 aromatic carbocycles. The molecule has 0 unspecified atom stereocenters. The lowest BCUT2D eigenvalue weighted by Crippen LogP contribution is -2.15. The Labute approximate surface area is 163 Å². The summed E-state index contributed by atoms with van der Waals surface area (Å²) >= 11 is 0. The van der Waals surface area contributed by atoms with Crippen molar-refractivity contribution < 1.29 is 23.7 Å². The predicted molar refractivity (Wildman–Crippen MR) is 105 cm³/mol.